The van der Waals surface area contributed by atoms with Gasteiger partial charge in [-0.15, -0.1) is 11.5 Å². The van der Waals surface area contributed by atoms with Gasteiger partial charge in [-0.1, -0.05) is 49.7 Å². The van der Waals surface area contributed by atoms with E-state index in [0.717, 1.165) is 0 Å². The molecule has 3 rings (SSSR count). The third-order valence-electron chi connectivity index (χ3n) is 4.36. The second-order valence-electron chi connectivity index (χ2n) is 7.39. The molecular weight excluding hydrogens is 392 g/mol. The first-order valence-electron chi connectivity index (χ1n) is 8.68. The summed E-state index contributed by atoms with van der Waals surface area (Å²) in [6, 6.07) is 13.0. The van der Waals surface area contributed by atoms with Crippen molar-refractivity contribution in [2.24, 2.45) is 0 Å². The van der Waals surface area contributed by atoms with Crippen LogP contribution in [0.2, 0.25) is 5.02 Å². The Morgan fingerprint density at radius 3 is 2.43 bits per heavy atom. The van der Waals surface area contributed by atoms with Crippen molar-refractivity contribution in [2.45, 2.75) is 38.0 Å². The van der Waals surface area contributed by atoms with Crippen molar-refractivity contribution in [1.82, 2.24) is 15.0 Å². The van der Waals surface area contributed by atoms with Crippen LogP contribution in [0.4, 0.5) is 5.69 Å². The van der Waals surface area contributed by atoms with Crippen LogP contribution in [0.1, 0.15) is 37.7 Å². The topological polar surface area (TPSA) is 59.8 Å². The van der Waals surface area contributed by atoms with E-state index in [-0.39, 0.29) is 5.41 Å². The fourth-order valence-electron chi connectivity index (χ4n) is 2.70. The third-order valence-corrected chi connectivity index (χ3v) is 5.70. The minimum absolute atomic E-state index is 0.0379. The van der Waals surface area contributed by atoms with Gasteiger partial charge in [0, 0.05) is 5.02 Å². The number of hydrogen-bond acceptors (Lipinski definition) is 3. The van der Waals surface area contributed by atoms with Gasteiger partial charge in [0.2, 0.25) is 0 Å². The smallest absolute Gasteiger partial charge is 0.158 e. The monoisotopic (exact) mass is 412 g/mol. The van der Waals surface area contributed by atoms with Crippen LogP contribution in [-0.4, -0.2) is 19.2 Å². The summed E-state index contributed by atoms with van der Waals surface area (Å²) in [5.41, 5.74) is 3.60. The standard InChI is InChI=1S/C21H21ClN4OS/c1-6-18-14(2)26(25-23-18)20-13-16(22)9-12-19(20)24-28(27)17-10-7-15(8-11-17)21(3,4)5/h1,7-13,24H,2-5H3. The zero-order chi connectivity index (χ0) is 20.5. The molecule has 0 amide bonds. The highest BCUT2D eigenvalue weighted by Crippen LogP contribution is 2.28. The zero-order valence-corrected chi connectivity index (χ0v) is 17.7. The van der Waals surface area contributed by atoms with Crippen LogP contribution < -0.4 is 4.72 Å². The number of halogens is 1. The molecule has 1 heterocycles. The number of terminal acetylenes is 1. The molecule has 0 aliphatic carbocycles. The summed E-state index contributed by atoms with van der Waals surface area (Å²) in [6.07, 6.45) is 5.45. The fraction of sp³-hybridized carbons (Fsp3) is 0.238. The maximum atomic E-state index is 12.9. The number of hydrogen-bond donors (Lipinski definition) is 1. The highest BCUT2D eigenvalue weighted by atomic mass is 35.5. The highest BCUT2D eigenvalue weighted by Gasteiger charge is 2.16. The molecule has 1 aromatic heterocycles. The minimum atomic E-state index is -1.46. The molecule has 0 aliphatic rings. The lowest BCUT2D eigenvalue weighted by molar-refractivity contribution is 0.589. The van der Waals surface area contributed by atoms with Gasteiger partial charge in [0.15, 0.2) is 5.69 Å². The predicted molar refractivity (Wildman–Crippen MR) is 114 cm³/mol. The molecule has 0 radical (unpaired) electrons. The second kappa shape index (κ2) is 7.78. The number of nitrogens with one attached hydrogen (secondary N) is 1. The molecule has 1 atom stereocenters. The van der Waals surface area contributed by atoms with E-state index in [1.54, 1.807) is 22.9 Å². The van der Waals surface area contributed by atoms with Crippen LogP contribution in [0.5, 0.6) is 0 Å². The van der Waals surface area contributed by atoms with Crippen molar-refractivity contribution in [3.63, 3.8) is 0 Å². The van der Waals surface area contributed by atoms with E-state index in [2.05, 4.69) is 41.7 Å². The van der Waals surface area contributed by atoms with E-state index < -0.39 is 11.0 Å². The van der Waals surface area contributed by atoms with Crippen molar-refractivity contribution >= 4 is 28.3 Å². The maximum Gasteiger partial charge on any atom is 0.158 e. The summed E-state index contributed by atoms with van der Waals surface area (Å²) in [5.74, 6) is 2.50. The van der Waals surface area contributed by atoms with Gasteiger partial charge in [0.25, 0.3) is 0 Å². The van der Waals surface area contributed by atoms with E-state index in [4.69, 9.17) is 18.0 Å². The van der Waals surface area contributed by atoms with Crippen molar-refractivity contribution in [2.75, 3.05) is 4.72 Å². The lowest BCUT2D eigenvalue weighted by Crippen LogP contribution is -2.12. The first-order valence-corrected chi connectivity index (χ1v) is 10.2. The lowest BCUT2D eigenvalue weighted by atomic mass is 9.87. The van der Waals surface area contributed by atoms with Crippen molar-refractivity contribution in [3.05, 3.63) is 64.4 Å². The van der Waals surface area contributed by atoms with Gasteiger partial charge in [-0.05, 0) is 54.2 Å². The molecule has 1 unspecified atom stereocenters. The highest BCUT2D eigenvalue weighted by molar-refractivity contribution is 7.86. The maximum absolute atomic E-state index is 12.9. The van der Waals surface area contributed by atoms with Crippen LogP contribution in [0.3, 0.4) is 0 Å². The molecule has 0 fully saturated rings. The minimum Gasteiger partial charge on any atom is -0.299 e. The Hall–Kier alpha value is -2.62. The fourth-order valence-corrected chi connectivity index (χ4v) is 3.73. The molecule has 0 saturated heterocycles. The number of aromatic nitrogens is 3. The van der Waals surface area contributed by atoms with Crippen molar-refractivity contribution in [1.29, 1.82) is 0 Å². The lowest BCUT2D eigenvalue weighted by Gasteiger charge is -2.19. The molecule has 1 N–H and O–H groups in total. The van der Waals surface area contributed by atoms with E-state index in [0.29, 0.717) is 32.7 Å². The third kappa shape index (κ3) is 4.11. The Bertz CT molecular complexity index is 1080. The van der Waals surface area contributed by atoms with E-state index in [1.165, 1.54) is 5.56 Å². The van der Waals surface area contributed by atoms with Crippen LogP contribution in [-0.2, 0) is 16.4 Å². The molecule has 3 aromatic rings. The van der Waals surface area contributed by atoms with Crippen LogP contribution in [0.25, 0.3) is 5.69 Å². The summed E-state index contributed by atoms with van der Waals surface area (Å²) in [6.45, 7) is 8.24. The Balaban J connectivity index is 1.93. The van der Waals surface area contributed by atoms with E-state index >= 15 is 0 Å². The Labute approximate surface area is 172 Å². The number of benzene rings is 2. The molecule has 7 heteroatoms. The summed E-state index contributed by atoms with van der Waals surface area (Å²) in [7, 11) is -1.46. The Morgan fingerprint density at radius 2 is 1.86 bits per heavy atom. The predicted octanol–water partition coefficient (Wildman–Crippen LogP) is 4.64. The largest absolute Gasteiger partial charge is 0.299 e. The number of rotatable bonds is 4. The molecular formula is C21H21ClN4OS. The molecule has 2 aromatic carbocycles. The van der Waals surface area contributed by atoms with Gasteiger partial charge in [-0.2, -0.15) is 0 Å². The average Bonchev–Trinajstić information content (AvgIpc) is 3.03. The van der Waals surface area contributed by atoms with Crippen LogP contribution in [0.15, 0.2) is 47.4 Å². The molecule has 0 bridgehead atoms. The van der Waals surface area contributed by atoms with Gasteiger partial charge in [-0.3, -0.25) is 4.72 Å². The molecule has 144 valence electrons. The second-order valence-corrected chi connectivity index (χ2v) is 9.04. The number of anilines is 1. The molecule has 28 heavy (non-hydrogen) atoms. The zero-order valence-electron chi connectivity index (χ0n) is 16.2. The summed E-state index contributed by atoms with van der Waals surface area (Å²) in [5, 5.41) is 8.61. The molecule has 0 saturated carbocycles. The quantitative estimate of drug-likeness (QED) is 0.635. The van der Waals surface area contributed by atoms with Crippen LogP contribution >= 0.6 is 11.6 Å². The van der Waals surface area contributed by atoms with Gasteiger partial charge in [-0.25, -0.2) is 8.89 Å². The van der Waals surface area contributed by atoms with Crippen molar-refractivity contribution < 1.29 is 4.21 Å². The Kier molecular flexibility index (Phi) is 5.59. The summed E-state index contributed by atoms with van der Waals surface area (Å²) >= 11 is 6.17. The molecule has 0 aliphatic heterocycles. The van der Waals surface area contributed by atoms with E-state index in [1.807, 2.05) is 31.2 Å². The number of nitrogens with zero attached hydrogens (tertiary/aromatic N) is 3. The van der Waals surface area contributed by atoms with Gasteiger partial charge in [0.05, 0.1) is 22.0 Å². The summed E-state index contributed by atoms with van der Waals surface area (Å²) in [4.78, 5) is 0.675. The normalized spacial score (nSPS) is 12.4. The SMILES string of the molecule is C#Cc1nnn(-c2cc(Cl)ccc2NS(=O)c2ccc(C(C)(C)C)cc2)c1C. The van der Waals surface area contributed by atoms with Crippen molar-refractivity contribution in [3.8, 4) is 18.0 Å². The van der Waals surface area contributed by atoms with Gasteiger partial charge < -0.3 is 0 Å². The van der Waals surface area contributed by atoms with E-state index in [9.17, 15) is 4.21 Å². The van der Waals surface area contributed by atoms with Crippen LogP contribution in [0, 0.1) is 19.3 Å². The molecule has 5 nitrogen and oxygen atoms in total. The first-order chi connectivity index (χ1) is 13.2. The Morgan fingerprint density at radius 1 is 1.18 bits per heavy atom. The van der Waals surface area contributed by atoms with Gasteiger partial charge >= 0.3 is 0 Å². The average molecular weight is 413 g/mol. The van der Waals surface area contributed by atoms with Gasteiger partial charge in [0.1, 0.15) is 11.0 Å². The molecule has 0 spiro atoms. The first kappa shape index (κ1) is 20.1. The summed E-state index contributed by atoms with van der Waals surface area (Å²) < 4.78 is 17.5.